The summed E-state index contributed by atoms with van der Waals surface area (Å²) in [6.45, 7) is 0. The van der Waals surface area contributed by atoms with Gasteiger partial charge in [-0.15, -0.1) is 0 Å². The minimum absolute atomic E-state index is 0.296. The summed E-state index contributed by atoms with van der Waals surface area (Å²) in [4.78, 5) is 1.63. The van der Waals surface area contributed by atoms with Crippen LogP contribution in [0.15, 0.2) is 30.5 Å². The molecule has 2 rings (SSSR count). The third kappa shape index (κ3) is 1.71. The van der Waals surface area contributed by atoms with E-state index in [1.807, 2.05) is 0 Å². The number of nitrogen functional groups attached to an aromatic ring is 1. The van der Waals surface area contributed by atoms with E-state index in [0.717, 1.165) is 0 Å². The fraction of sp³-hybridized carbons (Fsp3) is 0.182. The molecule has 0 fully saturated rings. The Morgan fingerprint density at radius 2 is 2.06 bits per heavy atom. The van der Waals surface area contributed by atoms with Crippen LogP contribution in [0.4, 0.5) is 21.6 Å². The van der Waals surface area contributed by atoms with Gasteiger partial charge >= 0.3 is 0 Å². The van der Waals surface area contributed by atoms with Crippen molar-refractivity contribution in [3.63, 3.8) is 0 Å². The maximum Gasteiger partial charge on any atom is 0.178 e. The van der Waals surface area contributed by atoms with Crippen LogP contribution in [0, 0.1) is 5.82 Å². The second kappa shape index (κ2) is 3.84. The number of aryl methyl sites for hydroxylation is 1. The van der Waals surface area contributed by atoms with Crippen LogP contribution in [0.3, 0.4) is 0 Å². The summed E-state index contributed by atoms with van der Waals surface area (Å²) in [5.74, 6) is 0.252. The Kier molecular flexibility index (Phi) is 2.52. The van der Waals surface area contributed by atoms with Gasteiger partial charge in [-0.3, -0.25) is 4.68 Å². The van der Waals surface area contributed by atoms with Gasteiger partial charge in [0.2, 0.25) is 0 Å². The smallest absolute Gasteiger partial charge is 0.178 e. The molecule has 0 atom stereocenters. The number of para-hydroxylation sites is 1. The first-order valence-corrected chi connectivity index (χ1v) is 4.87. The molecule has 2 aromatic rings. The van der Waals surface area contributed by atoms with Gasteiger partial charge in [0.05, 0.1) is 11.4 Å². The first-order chi connectivity index (χ1) is 7.59. The van der Waals surface area contributed by atoms with Gasteiger partial charge in [-0.1, -0.05) is 12.1 Å². The van der Waals surface area contributed by atoms with E-state index in [1.54, 1.807) is 48.1 Å². The van der Waals surface area contributed by atoms with Crippen LogP contribution in [-0.4, -0.2) is 16.8 Å². The predicted octanol–water partition coefficient (Wildman–Crippen LogP) is 1.91. The van der Waals surface area contributed by atoms with Crippen LogP contribution in [0.25, 0.3) is 0 Å². The van der Waals surface area contributed by atoms with Gasteiger partial charge in [-0.05, 0) is 12.1 Å². The summed E-state index contributed by atoms with van der Waals surface area (Å²) >= 11 is 0. The molecule has 1 aromatic heterocycles. The number of hydrogen-bond acceptors (Lipinski definition) is 3. The second-order valence-corrected chi connectivity index (χ2v) is 3.59. The number of anilines is 3. The Bertz CT molecular complexity index is 506. The fourth-order valence-corrected chi connectivity index (χ4v) is 1.59. The number of benzene rings is 1. The van der Waals surface area contributed by atoms with Crippen molar-refractivity contribution in [1.82, 2.24) is 9.78 Å². The molecule has 0 aliphatic carbocycles. The summed E-state index contributed by atoms with van der Waals surface area (Å²) in [6.07, 6.45) is 1.69. The van der Waals surface area contributed by atoms with Gasteiger partial charge in [0, 0.05) is 20.3 Å². The van der Waals surface area contributed by atoms with E-state index in [-0.39, 0.29) is 5.82 Å². The Hall–Kier alpha value is -2.04. The minimum atomic E-state index is -0.296. The second-order valence-electron chi connectivity index (χ2n) is 3.59. The third-order valence-electron chi connectivity index (χ3n) is 2.37. The quantitative estimate of drug-likeness (QED) is 0.841. The Balaban J connectivity index is 2.43. The number of aromatic nitrogens is 2. The van der Waals surface area contributed by atoms with Crippen LogP contribution < -0.4 is 10.6 Å². The molecule has 4 nitrogen and oxygen atoms in total. The van der Waals surface area contributed by atoms with Crippen LogP contribution in [0.2, 0.25) is 0 Å². The lowest BCUT2D eigenvalue weighted by atomic mass is 10.3. The minimum Gasteiger partial charge on any atom is -0.394 e. The van der Waals surface area contributed by atoms with Gasteiger partial charge in [0.1, 0.15) is 5.82 Å². The molecule has 0 amide bonds. The van der Waals surface area contributed by atoms with Gasteiger partial charge in [-0.25, -0.2) is 4.39 Å². The molecule has 0 bridgehead atoms. The molecule has 2 N–H and O–H groups in total. The summed E-state index contributed by atoms with van der Waals surface area (Å²) in [5, 5.41) is 4.18. The van der Waals surface area contributed by atoms with Crippen molar-refractivity contribution in [2.45, 2.75) is 0 Å². The van der Waals surface area contributed by atoms with Crippen molar-refractivity contribution in [3.05, 3.63) is 36.3 Å². The Morgan fingerprint density at radius 1 is 1.38 bits per heavy atom. The van der Waals surface area contributed by atoms with Crippen molar-refractivity contribution in [1.29, 1.82) is 0 Å². The molecule has 1 heterocycles. The summed E-state index contributed by atoms with van der Waals surface area (Å²) in [5.41, 5.74) is 6.76. The summed E-state index contributed by atoms with van der Waals surface area (Å²) < 4.78 is 15.1. The fourth-order valence-electron chi connectivity index (χ4n) is 1.59. The topological polar surface area (TPSA) is 47.1 Å². The SMILES string of the molecule is CN(c1ccccc1F)c1nn(C)cc1N. The Morgan fingerprint density at radius 3 is 2.62 bits per heavy atom. The summed E-state index contributed by atoms with van der Waals surface area (Å²) in [6, 6.07) is 6.51. The van der Waals surface area contributed by atoms with Crippen molar-refractivity contribution in [2.24, 2.45) is 7.05 Å². The molecule has 5 heteroatoms. The molecular formula is C11H13FN4. The lowest BCUT2D eigenvalue weighted by Crippen LogP contribution is -2.13. The zero-order chi connectivity index (χ0) is 11.7. The standard InChI is InChI=1S/C11H13FN4/c1-15-7-9(13)11(14-15)16(2)10-6-4-3-5-8(10)12/h3-7H,13H2,1-2H3. The molecule has 0 spiro atoms. The molecule has 0 aliphatic rings. The summed E-state index contributed by atoms with van der Waals surface area (Å²) in [7, 11) is 3.51. The molecule has 0 aliphatic heterocycles. The molecule has 0 saturated heterocycles. The average molecular weight is 220 g/mol. The van der Waals surface area contributed by atoms with E-state index in [2.05, 4.69) is 5.10 Å². The van der Waals surface area contributed by atoms with Crippen LogP contribution in [-0.2, 0) is 7.05 Å². The van der Waals surface area contributed by atoms with Crippen LogP contribution >= 0.6 is 0 Å². The maximum atomic E-state index is 13.5. The monoisotopic (exact) mass is 220 g/mol. The number of nitrogens with two attached hydrogens (primary N) is 1. The molecule has 16 heavy (non-hydrogen) atoms. The van der Waals surface area contributed by atoms with Crippen molar-refractivity contribution >= 4 is 17.2 Å². The zero-order valence-electron chi connectivity index (χ0n) is 9.18. The lowest BCUT2D eigenvalue weighted by Gasteiger charge is -2.17. The first-order valence-electron chi connectivity index (χ1n) is 4.87. The third-order valence-corrected chi connectivity index (χ3v) is 2.37. The van der Waals surface area contributed by atoms with E-state index in [1.165, 1.54) is 6.07 Å². The lowest BCUT2D eigenvalue weighted by molar-refractivity contribution is 0.627. The highest BCUT2D eigenvalue weighted by atomic mass is 19.1. The van der Waals surface area contributed by atoms with E-state index in [9.17, 15) is 4.39 Å². The maximum absolute atomic E-state index is 13.5. The van der Waals surface area contributed by atoms with E-state index in [0.29, 0.717) is 17.2 Å². The van der Waals surface area contributed by atoms with Gasteiger partial charge < -0.3 is 10.6 Å². The van der Waals surface area contributed by atoms with Gasteiger partial charge in [-0.2, -0.15) is 5.10 Å². The van der Waals surface area contributed by atoms with Crippen molar-refractivity contribution in [2.75, 3.05) is 17.7 Å². The molecular weight excluding hydrogens is 207 g/mol. The molecule has 1 aromatic carbocycles. The Labute approximate surface area is 93.1 Å². The number of hydrogen-bond donors (Lipinski definition) is 1. The first kappa shape index (κ1) is 10.5. The molecule has 0 unspecified atom stereocenters. The molecule has 84 valence electrons. The van der Waals surface area contributed by atoms with Crippen LogP contribution in [0.1, 0.15) is 0 Å². The van der Waals surface area contributed by atoms with Crippen molar-refractivity contribution < 1.29 is 4.39 Å². The highest BCUT2D eigenvalue weighted by molar-refractivity contribution is 5.70. The number of halogens is 1. The highest BCUT2D eigenvalue weighted by Gasteiger charge is 2.14. The highest BCUT2D eigenvalue weighted by Crippen LogP contribution is 2.28. The number of nitrogens with zero attached hydrogens (tertiary/aromatic N) is 3. The zero-order valence-corrected chi connectivity index (χ0v) is 9.18. The normalized spacial score (nSPS) is 10.4. The van der Waals surface area contributed by atoms with E-state index < -0.39 is 0 Å². The number of rotatable bonds is 2. The average Bonchev–Trinajstić information content (AvgIpc) is 2.58. The van der Waals surface area contributed by atoms with Gasteiger partial charge in [0.25, 0.3) is 0 Å². The van der Waals surface area contributed by atoms with Gasteiger partial charge in [0.15, 0.2) is 5.82 Å². The van der Waals surface area contributed by atoms with Crippen molar-refractivity contribution in [3.8, 4) is 0 Å². The largest absolute Gasteiger partial charge is 0.394 e. The molecule has 0 saturated carbocycles. The predicted molar refractivity (Wildman–Crippen MR) is 62.1 cm³/mol. The molecule has 0 radical (unpaired) electrons. The van der Waals surface area contributed by atoms with E-state index in [4.69, 9.17) is 5.73 Å². The van der Waals surface area contributed by atoms with Crippen LogP contribution in [0.5, 0.6) is 0 Å². The van der Waals surface area contributed by atoms with E-state index >= 15 is 0 Å².